The molecule has 0 bridgehead atoms. The van der Waals surface area contributed by atoms with E-state index >= 15 is 0 Å². The molecule has 1 N–H and O–H groups in total. The molecule has 1 atom stereocenters. The van der Waals surface area contributed by atoms with Crippen LogP contribution in [0.15, 0.2) is 53.1 Å². The molecular weight excluding hydrogens is 390 g/mol. The van der Waals surface area contributed by atoms with E-state index in [-0.39, 0.29) is 25.7 Å². The Bertz CT molecular complexity index is 1060. The van der Waals surface area contributed by atoms with Crippen LogP contribution < -0.4 is 19.5 Å². The van der Waals surface area contributed by atoms with E-state index < -0.39 is 11.9 Å². The lowest BCUT2D eigenvalue weighted by atomic mass is 10.1. The molecule has 4 rings (SSSR count). The lowest BCUT2D eigenvalue weighted by molar-refractivity contribution is -0.148. The van der Waals surface area contributed by atoms with E-state index in [1.54, 1.807) is 25.3 Å². The van der Waals surface area contributed by atoms with Gasteiger partial charge in [0.2, 0.25) is 0 Å². The first-order valence-corrected chi connectivity index (χ1v) is 9.47. The molecule has 8 nitrogen and oxygen atoms in total. The van der Waals surface area contributed by atoms with E-state index in [2.05, 4.69) is 5.32 Å². The predicted molar refractivity (Wildman–Crippen MR) is 107 cm³/mol. The fourth-order valence-electron chi connectivity index (χ4n) is 3.12. The molecule has 0 radical (unpaired) electrons. The molecule has 0 spiro atoms. The molecule has 0 fully saturated rings. The molecule has 1 aliphatic heterocycles. The van der Waals surface area contributed by atoms with Gasteiger partial charge in [0.1, 0.15) is 24.0 Å². The maximum atomic E-state index is 12.1. The first kappa shape index (κ1) is 19.6. The predicted octanol–water partition coefficient (Wildman–Crippen LogP) is 2.48. The van der Waals surface area contributed by atoms with E-state index in [9.17, 15) is 9.59 Å². The molecule has 0 saturated heterocycles. The number of hydrogen-bond donors (Lipinski definition) is 1. The first-order chi connectivity index (χ1) is 14.6. The summed E-state index contributed by atoms with van der Waals surface area (Å²) in [5.41, 5.74) is 1.30. The molecule has 0 unspecified atom stereocenters. The van der Waals surface area contributed by atoms with Gasteiger partial charge in [-0.25, -0.2) is 0 Å². The number of benzene rings is 2. The zero-order valence-electron chi connectivity index (χ0n) is 16.4. The Labute approximate surface area is 172 Å². The van der Waals surface area contributed by atoms with Crippen molar-refractivity contribution in [1.29, 1.82) is 0 Å². The van der Waals surface area contributed by atoms with Crippen LogP contribution in [0.5, 0.6) is 17.2 Å². The van der Waals surface area contributed by atoms with E-state index in [1.165, 1.54) is 6.26 Å². The second-order valence-corrected chi connectivity index (χ2v) is 6.76. The summed E-state index contributed by atoms with van der Waals surface area (Å²) >= 11 is 0. The number of methoxy groups -OCH3 is 1. The van der Waals surface area contributed by atoms with Crippen molar-refractivity contribution in [3.05, 3.63) is 54.3 Å². The maximum Gasteiger partial charge on any atom is 0.310 e. The van der Waals surface area contributed by atoms with Crippen LogP contribution in [0.4, 0.5) is 0 Å². The number of nitrogens with one attached hydrogen (secondary N) is 1. The summed E-state index contributed by atoms with van der Waals surface area (Å²) in [5.74, 6) is 1.06. The van der Waals surface area contributed by atoms with Crippen LogP contribution in [-0.4, -0.2) is 44.8 Å². The number of carbonyl (C=O) groups excluding carboxylic acids is 2. The van der Waals surface area contributed by atoms with Gasteiger partial charge in [-0.2, -0.15) is 0 Å². The third-order valence-electron chi connectivity index (χ3n) is 4.66. The van der Waals surface area contributed by atoms with Gasteiger partial charge in [-0.05, 0) is 24.3 Å². The topological polar surface area (TPSA) is 96.2 Å². The van der Waals surface area contributed by atoms with Crippen molar-refractivity contribution in [3.63, 3.8) is 0 Å². The molecule has 1 aliphatic rings. The summed E-state index contributed by atoms with van der Waals surface area (Å²) < 4.78 is 27.0. The lowest BCUT2D eigenvalue weighted by Gasteiger charge is -2.26. The molecule has 2 aromatic carbocycles. The van der Waals surface area contributed by atoms with Crippen LogP contribution in [0.3, 0.4) is 0 Å². The first-order valence-electron chi connectivity index (χ1n) is 9.47. The molecule has 2 heterocycles. The van der Waals surface area contributed by atoms with Crippen LogP contribution in [0.25, 0.3) is 11.0 Å². The fraction of sp³-hybridized carbons (Fsp3) is 0.273. The van der Waals surface area contributed by atoms with Gasteiger partial charge in [0.15, 0.2) is 18.1 Å². The van der Waals surface area contributed by atoms with Crippen molar-refractivity contribution in [2.24, 2.45) is 0 Å². The summed E-state index contributed by atoms with van der Waals surface area (Å²) in [6.45, 7) is 0.209. The van der Waals surface area contributed by atoms with Gasteiger partial charge in [0.25, 0.3) is 5.91 Å². The average Bonchev–Trinajstić information content (AvgIpc) is 3.17. The molecule has 30 heavy (non-hydrogen) atoms. The standard InChI is InChI=1S/C22H21NO7/c1-26-15-6-7-17-14(11-27-20(17)9-15)8-22(25)29-13-21(24)23-10-16-12-28-18-4-2-3-5-19(18)30-16/h2-7,9,11,16H,8,10,12-13H2,1H3,(H,23,24)/t16-/m0/s1. The Hall–Kier alpha value is -3.68. The maximum absolute atomic E-state index is 12.1. The Kier molecular flexibility index (Phi) is 5.74. The second-order valence-electron chi connectivity index (χ2n) is 6.76. The summed E-state index contributed by atoms with van der Waals surface area (Å²) in [5, 5.41) is 3.48. The molecule has 0 aliphatic carbocycles. The highest BCUT2D eigenvalue weighted by Crippen LogP contribution is 2.30. The number of ether oxygens (including phenoxy) is 4. The number of carbonyl (C=O) groups is 2. The Morgan fingerprint density at radius 1 is 1.17 bits per heavy atom. The smallest absolute Gasteiger partial charge is 0.310 e. The van der Waals surface area contributed by atoms with Crippen LogP contribution in [0.2, 0.25) is 0 Å². The average molecular weight is 411 g/mol. The fourth-order valence-corrected chi connectivity index (χ4v) is 3.12. The van der Waals surface area contributed by atoms with Crippen molar-refractivity contribution in [2.75, 3.05) is 26.9 Å². The van der Waals surface area contributed by atoms with Crippen molar-refractivity contribution in [2.45, 2.75) is 12.5 Å². The summed E-state index contributed by atoms with van der Waals surface area (Å²) in [7, 11) is 1.57. The van der Waals surface area contributed by atoms with Gasteiger partial charge >= 0.3 is 5.97 Å². The normalized spacial score (nSPS) is 14.9. The van der Waals surface area contributed by atoms with Crippen LogP contribution in [0, 0.1) is 0 Å². The monoisotopic (exact) mass is 411 g/mol. The zero-order valence-corrected chi connectivity index (χ0v) is 16.4. The summed E-state index contributed by atoms with van der Waals surface area (Å²) in [6, 6.07) is 12.7. The van der Waals surface area contributed by atoms with Gasteiger partial charge in [0, 0.05) is 17.0 Å². The molecule has 8 heteroatoms. The third kappa shape index (κ3) is 4.48. The van der Waals surface area contributed by atoms with Crippen LogP contribution in [0.1, 0.15) is 5.56 Å². The van der Waals surface area contributed by atoms with E-state index in [1.807, 2.05) is 24.3 Å². The number of furan rings is 1. The number of rotatable bonds is 7. The molecular formula is C22H21NO7. The van der Waals surface area contributed by atoms with E-state index in [0.29, 0.717) is 35.0 Å². The highest BCUT2D eigenvalue weighted by atomic mass is 16.6. The zero-order chi connectivity index (χ0) is 20.9. The van der Waals surface area contributed by atoms with Gasteiger partial charge < -0.3 is 28.7 Å². The minimum absolute atomic E-state index is 0.00295. The van der Waals surface area contributed by atoms with Crippen LogP contribution >= 0.6 is 0 Å². The summed E-state index contributed by atoms with van der Waals surface area (Å²) in [4.78, 5) is 24.1. The van der Waals surface area contributed by atoms with Gasteiger partial charge in [0.05, 0.1) is 26.3 Å². The minimum atomic E-state index is -0.519. The number of fused-ring (bicyclic) bond motifs is 2. The van der Waals surface area contributed by atoms with Crippen molar-refractivity contribution >= 4 is 22.8 Å². The Morgan fingerprint density at radius 2 is 2.00 bits per heavy atom. The summed E-state index contributed by atoms with van der Waals surface area (Å²) in [6.07, 6.45) is 1.20. The van der Waals surface area contributed by atoms with Gasteiger partial charge in [-0.3, -0.25) is 9.59 Å². The number of para-hydroxylation sites is 2. The van der Waals surface area contributed by atoms with Crippen molar-refractivity contribution in [3.8, 4) is 17.2 Å². The highest BCUT2D eigenvalue weighted by molar-refractivity contribution is 5.87. The number of amides is 1. The lowest BCUT2D eigenvalue weighted by Crippen LogP contribution is -2.42. The third-order valence-corrected chi connectivity index (χ3v) is 4.66. The molecule has 3 aromatic rings. The Balaban J connectivity index is 1.22. The SMILES string of the molecule is COc1ccc2c(CC(=O)OCC(=O)NC[C@H]3COc4ccccc4O3)coc2c1. The largest absolute Gasteiger partial charge is 0.497 e. The van der Waals surface area contributed by atoms with Gasteiger partial charge in [-0.15, -0.1) is 0 Å². The van der Waals surface area contributed by atoms with Crippen molar-refractivity contribution < 1.29 is 33.0 Å². The van der Waals surface area contributed by atoms with Crippen molar-refractivity contribution in [1.82, 2.24) is 5.32 Å². The number of hydrogen-bond acceptors (Lipinski definition) is 7. The molecule has 156 valence electrons. The quantitative estimate of drug-likeness (QED) is 0.597. The molecule has 1 amide bonds. The minimum Gasteiger partial charge on any atom is -0.497 e. The van der Waals surface area contributed by atoms with E-state index in [0.717, 1.165) is 5.39 Å². The highest BCUT2D eigenvalue weighted by Gasteiger charge is 2.21. The Morgan fingerprint density at radius 3 is 2.83 bits per heavy atom. The molecule has 1 aromatic heterocycles. The molecule has 0 saturated carbocycles. The number of esters is 1. The second kappa shape index (κ2) is 8.77. The van der Waals surface area contributed by atoms with E-state index in [4.69, 9.17) is 23.4 Å². The van der Waals surface area contributed by atoms with Crippen LogP contribution in [-0.2, 0) is 20.7 Å². The van der Waals surface area contributed by atoms with Gasteiger partial charge in [-0.1, -0.05) is 12.1 Å².